The average molecular weight is 184 g/mol. The molecular formula is C12H24O. The summed E-state index contributed by atoms with van der Waals surface area (Å²) in [6, 6.07) is 0. The third-order valence-electron chi connectivity index (χ3n) is 3.28. The first-order valence-electron chi connectivity index (χ1n) is 5.99. The van der Waals surface area contributed by atoms with E-state index in [0.29, 0.717) is 0 Å². The molecule has 13 heavy (non-hydrogen) atoms. The number of rotatable bonds is 7. The standard InChI is InChI=1S/C12H24O/c1-2-3-4-5-6-7-9-12(13)10-8-11-12/h13H,2-11H2,1H3. The van der Waals surface area contributed by atoms with Crippen LogP contribution in [0.15, 0.2) is 0 Å². The van der Waals surface area contributed by atoms with Crippen molar-refractivity contribution in [3.05, 3.63) is 0 Å². The second-order valence-corrected chi connectivity index (χ2v) is 4.60. The highest BCUT2D eigenvalue weighted by Crippen LogP contribution is 2.35. The molecule has 0 aliphatic heterocycles. The molecule has 0 aromatic rings. The lowest BCUT2D eigenvalue weighted by Crippen LogP contribution is -2.36. The van der Waals surface area contributed by atoms with Crippen LogP contribution in [-0.4, -0.2) is 10.7 Å². The predicted molar refractivity (Wildman–Crippen MR) is 56.8 cm³/mol. The van der Waals surface area contributed by atoms with Crippen molar-refractivity contribution in [2.75, 3.05) is 0 Å². The summed E-state index contributed by atoms with van der Waals surface area (Å²) in [5.41, 5.74) is -0.231. The van der Waals surface area contributed by atoms with Crippen molar-refractivity contribution >= 4 is 0 Å². The molecule has 0 heterocycles. The minimum atomic E-state index is -0.231. The lowest BCUT2D eigenvalue weighted by molar-refractivity contribution is -0.0419. The van der Waals surface area contributed by atoms with Crippen LogP contribution < -0.4 is 0 Å². The highest BCUT2D eigenvalue weighted by molar-refractivity contribution is 4.86. The van der Waals surface area contributed by atoms with Gasteiger partial charge in [-0.15, -0.1) is 0 Å². The first-order chi connectivity index (χ1) is 6.27. The summed E-state index contributed by atoms with van der Waals surface area (Å²) in [6.45, 7) is 2.25. The van der Waals surface area contributed by atoms with E-state index in [1.54, 1.807) is 0 Å². The van der Waals surface area contributed by atoms with Gasteiger partial charge in [0.15, 0.2) is 0 Å². The van der Waals surface area contributed by atoms with Gasteiger partial charge in [0.2, 0.25) is 0 Å². The molecule has 1 aliphatic rings. The summed E-state index contributed by atoms with van der Waals surface area (Å²) < 4.78 is 0. The summed E-state index contributed by atoms with van der Waals surface area (Å²) in [5, 5.41) is 9.81. The highest BCUT2D eigenvalue weighted by Gasteiger charge is 2.33. The predicted octanol–water partition coefficient (Wildman–Crippen LogP) is 3.65. The smallest absolute Gasteiger partial charge is 0.0647 e. The second-order valence-electron chi connectivity index (χ2n) is 4.60. The van der Waals surface area contributed by atoms with E-state index in [-0.39, 0.29) is 5.60 Å². The first-order valence-corrected chi connectivity index (χ1v) is 5.99. The van der Waals surface area contributed by atoms with Crippen LogP contribution in [0.5, 0.6) is 0 Å². The average Bonchev–Trinajstić information content (AvgIpc) is 2.08. The van der Waals surface area contributed by atoms with Crippen molar-refractivity contribution in [2.24, 2.45) is 0 Å². The third-order valence-corrected chi connectivity index (χ3v) is 3.28. The minimum absolute atomic E-state index is 0.231. The van der Waals surface area contributed by atoms with Crippen LogP contribution in [0.2, 0.25) is 0 Å². The van der Waals surface area contributed by atoms with Crippen LogP contribution in [0.3, 0.4) is 0 Å². The number of hydrogen-bond acceptors (Lipinski definition) is 1. The van der Waals surface area contributed by atoms with Crippen molar-refractivity contribution in [2.45, 2.75) is 76.7 Å². The van der Waals surface area contributed by atoms with Crippen LogP contribution in [0.1, 0.15) is 71.1 Å². The number of hydrogen-bond donors (Lipinski definition) is 1. The normalized spacial score (nSPS) is 19.8. The molecule has 1 fully saturated rings. The molecule has 0 bridgehead atoms. The van der Waals surface area contributed by atoms with Crippen molar-refractivity contribution < 1.29 is 5.11 Å². The molecule has 1 heteroatoms. The summed E-state index contributed by atoms with van der Waals surface area (Å²) >= 11 is 0. The quantitative estimate of drug-likeness (QED) is 0.599. The lowest BCUT2D eigenvalue weighted by Gasteiger charge is -2.36. The Morgan fingerprint density at radius 2 is 1.62 bits per heavy atom. The fraction of sp³-hybridized carbons (Fsp3) is 1.00. The van der Waals surface area contributed by atoms with E-state index < -0.39 is 0 Å². The fourth-order valence-corrected chi connectivity index (χ4v) is 2.07. The van der Waals surface area contributed by atoms with E-state index in [9.17, 15) is 5.11 Å². The Morgan fingerprint density at radius 3 is 2.15 bits per heavy atom. The third kappa shape index (κ3) is 4.12. The van der Waals surface area contributed by atoms with Crippen molar-refractivity contribution in [1.29, 1.82) is 0 Å². The molecule has 1 nitrogen and oxygen atoms in total. The fourth-order valence-electron chi connectivity index (χ4n) is 2.07. The van der Waals surface area contributed by atoms with Crippen LogP contribution in [0.25, 0.3) is 0 Å². The first kappa shape index (κ1) is 11.0. The van der Waals surface area contributed by atoms with E-state index in [1.807, 2.05) is 0 Å². The molecule has 0 saturated heterocycles. The Morgan fingerprint density at radius 1 is 1.00 bits per heavy atom. The van der Waals surface area contributed by atoms with E-state index in [2.05, 4.69) is 6.92 Å². The van der Waals surface area contributed by atoms with Gasteiger partial charge in [-0.25, -0.2) is 0 Å². The zero-order valence-corrected chi connectivity index (χ0v) is 9.02. The Bertz CT molecular complexity index is 127. The Labute approximate surface area is 82.5 Å². The van der Waals surface area contributed by atoms with Crippen LogP contribution >= 0.6 is 0 Å². The summed E-state index contributed by atoms with van der Waals surface area (Å²) in [6.07, 6.45) is 12.4. The van der Waals surface area contributed by atoms with Gasteiger partial charge in [-0.1, -0.05) is 45.4 Å². The van der Waals surface area contributed by atoms with Gasteiger partial charge >= 0.3 is 0 Å². The monoisotopic (exact) mass is 184 g/mol. The molecule has 78 valence electrons. The van der Waals surface area contributed by atoms with Gasteiger partial charge in [-0.2, -0.15) is 0 Å². The second kappa shape index (κ2) is 5.64. The molecule has 0 unspecified atom stereocenters. The molecule has 0 amide bonds. The largest absolute Gasteiger partial charge is 0.390 e. The van der Waals surface area contributed by atoms with Gasteiger partial charge < -0.3 is 5.11 Å². The van der Waals surface area contributed by atoms with Gasteiger partial charge in [0.05, 0.1) is 5.60 Å². The number of unbranched alkanes of at least 4 members (excludes halogenated alkanes) is 5. The number of aliphatic hydroxyl groups is 1. The molecule has 0 aromatic heterocycles. The maximum atomic E-state index is 9.81. The summed E-state index contributed by atoms with van der Waals surface area (Å²) in [5.74, 6) is 0. The van der Waals surface area contributed by atoms with Crippen LogP contribution in [0.4, 0.5) is 0 Å². The maximum Gasteiger partial charge on any atom is 0.0647 e. The highest BCUT2D eigenvalue weighted by atomic mass is 16.3. The van der Waals surface area contributed by atoms with Crippen molar-refractivity contribution in [1.82, 2.24) is 0 Å². The van der Waals surface area contributed by atoms with Gasteiger partial charge in [-0.3, -0.25) is 0 Å². The zero-order chi connectivity index (χ0) is 9.57. The minimum Gasteiger partial charge on any atom is -0.390 e. The van der Waals surface area contributed by atoms with Gasteiger partial charge in [0, 0.05) is 0 Å². The zero-order valence-electron chi connectivity index (χ0n) is 9.02. The van der Waals surface area contributed by atoms with Gasteiger partial charge in [0.1, 0.15) is 0 Å². The molecule has 0 spiro atoms. The van der Waals surface area contributed by atoms with Gasteiger partial charge in [0.25, 0.3) is 0 Å². The van der Waals surface area contributed by atoms with E-state index >= 15 is 0 Å². The van der Waals surface area contributed by atoms with Crippen LogP contribution in [0, 0.1) is 0 Å². The molecule has 1 saturated carbocycles. The molecule has 0 aromatic carbocycles. The molecule has 0 atom stereocenters. The molecule has 0 radical (unpaired) electrons. The SMILES string of the molecule is CCCCCCCCC1(O)CCC1. The Kier molecular flexibility index (Phi) is 4.79. The molecule has 1 N–H and O–H groups in total. The Balaban J connectivity index is 1.83. The van der Waals surface area contributed by atoms with Crippen LogP contribution in [-0.2, 0) is 0 Å². The van der Waals surface area contributed by atoms with Crippen molar-refractivity contribution in [3.8, 4) is 0 Å². The Hall–Kier alpha value is -0.0400. The lowest BCUT2D eigenvalue weighted by atomic mass is 9.77. The van der Waals surface area contributed by atoms with Crippen molar-refractivity contribution in [3.63, 3.8) is 0 Å². The van der Waals surface area contributed by atoms with E-state index in [1.165, 1.54) is 44.9 Å². The van der Waals surface area contributed by atoms with E-state index in [4.69, 9.17) is 0 Å². The molecular weight excluding hydrogens is 160 g/mol. The molecule has 1 aliphatic carbocycles. The topological polar surface area (TPSA) is 20.2 Å². The van der Waals surface area contributed by atoms with Gasteiger partial charge in [-0.05, 0) is 25.7 Å². The maximum absolute atomic E-state index is 9.81. The summed E-state index contributed by atoms with van der Waals surface area (Å²) in [7, 11) is 0. The molecule has 1 rings (SSSR count). The van der Waals surface area contributed by atoms with E-state index in [0.717, 1.165) is 19.3 Å². The summed E-state index contributed by atoms with van der Waals surface area (Å²) in [4.78, 5) is 0.